The van der Waals surface area contributed by atoms with Crippen LogP contribution in [0.3, 0.4) is 0 Å². The Bertz CT molecular complexity index is 642. The summed E-state index contributed by atoms with van der Waals surface area (Å²) in [4.78, 5) is 7.35. The van der Waals surface area contributed by atoms with Gasteiger partial charge in [0, 0.05) is 51.3 Å². The Morgan fingerprint density at radius 2 is 1.90 bits per heavy atom. The molecule has 2 heterocycles. The number of benzene rings is 1. The Kier molecular flexibility index (Phi) is 10.7. The maximum atomic E-state index is 5.69. The average Bonchev–Trinajstić information content (AvgIpc) is 3.25. The molecular formula is C23H38IN3O3. The van der Waals surface area contributed by atoms with Gasteiger partial charge in [-0.05, 0) is 50.8 Å². The molecular weight excluding hydrogens is 493 g/mol. The topological polar surface area (TPSA) is 55.3 Å². The molecule has 2 aliphatic rings. The molecule has 30 heavy (non-hydrogen) atoms. The van der Waals surface area contributed by atoms with Crippen molar-refractivity contribution >= 4 is 29.9 Å². The van der Waals surface area contributed by atoms with Crippen LogP contribution in [-0.4, -0.2) is 70.6 Å². The van der Waals surface area contributed by atoms with E-state index in [0.29, 0.717) is 12.5 Å². The molecule has 0 bridgehead atoms. The van der Waals surface area contributed by atoms with Crippen LogP contribution in [0.1, 0.15) is 38.7 Å². The van der Waals surface area contributed by atoms with Crippen molar-refractivity contribution in [1.29, 1.82) is 0 Å². The second-order valence-electron chi connectivity index (χ2n) is 8.13. The maximum Gasteiger partial charge on any atom is 0.193 e. The third-order valence-corrected chi connectivity index (χ3v) is 6.01. The lowest BCUT2D eigenvalue weighted by atomic mass is 9.74. The molecule has 2 aliphatic heterocycles. The highest BCUT2D eigenvalue weighted by Gasteiger charge is 2.34. The molecule has 2 fully saturated rings. The van der Waals surface area contributed by atoms with Gasteiger partial charge in [0.2, 0.25) is 0 Å². The third kappa shape index (κ3) is 6.72. The number of hydrogen-bond donors (Lipinski definition) is 1. The normalized spacial score (nSPS) is 21.0. The van der Waals surface area contributed by atoms with Crippen molar-refractivity contribution in [3.8, 4) is 5.75 Å². The van der Waals surface area contributed by atoms with E-state index in [1.807, 2.05) is 6.92 Å². The number of rotatable bonds is 8. The molecule has 0 aromatic heterocycles. The highest BCUT2D eigenvalue weighted by molar-refractivity contribution is 14.0. The lowest BCUT2D eigenvalue weighted by Crippen LogP contribution is -2.43. The fraction of sp³-hybridized carbons (Fsp3) is 0.696. The fourth-order valence-electron chi connectivity index (χ4n) is 4.27. The molecule has 2 saturated heterocycles. The van der Waals surface area contributed by atoms with E-state index in [2.05, 4.69) is 48.5 Å². The van der Waals surface area contributed by atoms with Gasteiger partial charge in [0.1, 0.15) is 5.75 Å². The Labute approximate surface area is 198 Å². The number of aliphatic imine (C=N–C) groups is 1. The summed E-state index contributed by atoms with van der Waals surface area (Å²) < 4.78 is 16.9. The van der Waals surface area contributed by atoms with Crippen LogP contribution in [0, 0.1) is 5.92 Å². The number of nitrogens with zero attached hydrogens (tertiary/aromatic N) is 2. The molecule has 3 rings (SSSR count). The van der Waals surface area contributed by atoms with Gasteiger partial charge in [-0.25, -0.2) is 0 Å². The lowest BCUT2D eigenvalue weighted by Gasteiger charge is -2.37. The molecule has 0 amide bonds. The Balaban J connectivity index is 0.00000320. The van der Waals surface area contributed by atoms with Crippen LogP contribution in [0.15, 0.2) is 29.3 Å². The first-order valence-corrected chi connectivity index (χ1v) is 11.0. The van der Waals surface area contributed by atoms with E-state index >= 15 is 0 Å². The summed E-state index contributed by atoms with van der Waals surface area (Å²) in [6.07, 6.45) is 3.12. The van der Waals surface area contributed by atoms with Crippen molar-refractivity contribution in [3.05, 3.63) is 29.8 Å². The summed E-state index contributed by atoms with van der Waals surface area (Å²) in [5, 5.41) is 3.47. The van der Waals surface area contributed by atoms with Gasteiger partial charge in [0.25, 0.3) is 0 Å². The van der Waals surface area contributed by atoms with E-state index in [4.69, 9.17) is 19.2 Å². The molecule has 1 aromatic carbocycles. The van der Waals surface area contributed by atoms with Gasteiger partial charge in [0.05, 0.1) is 19.8 Å². The number of halogens is 1. The number of ether oxygens (including phenoxy) is 3. The minimum absolute atomic E-state index is 0. The van der Waals surface area contributed by atoms with Crippen LogP contribution in [0.4, 0.5) is 0 Å². The highest BCUT2D eigenvalue weighted by Crippen LogP contribution is 2.36. The molecule has 0 saturated carbocycles. The summed E-state index contributed by atoms with van der Waals surface area (Å²) in [5.74, 6) is 2.50. The Hall–Kier alpha value is -1.06. The first kappa shape index (κ1) is 25.2. The molecule has 1 atom stereocenters. The second-order valence-corrected chi connectivity index (χ2v) is 8.13. The average molecular weight is 531 g/mol. The van der Waals surface area contributed by atoms with E-state index in [1.165, 1.54) is 5.56 Å². The van der Waals surface area contributed by atoms with Crippen LogP contribution in [0.25, 0.3) is 0 Å². The summed E-state index contributed by atoms with van der Waals surface area (Å²) in [6, 6.07) is 8.57. The first-order chi connectivity index (χ1) is 14.2. The first-order valence-electron chi connectivity index (χ1n) is 11.0. The predicted molar refractivity (Wildman–Crippen MR) is 132 cm³/mol. The van der Waals surface area contributed by atoms with Gasteiger partial charge in [-0.2, -0.15) is 0 Å². The van der Waals surface area contributed by atoms with Crippen molar-refractivity contribution < 1.29 is 14.2 Å². The SMILES string of the molecule is CCNC(=NCC1(c2ccc(OCC)cc2)CCOCC1)N(C)CC1CCOC1.I. The van der Waals surface area contributed by atoms with Crippen LogP contribution < -0.4 is 10.1 Å². The molecule has 0 radical (unpaired) electrons. The van der Waals surface area contributed by atoms with E-state index in [0.717, 1.165) is 77.0 Å². The molecule has 1 aromatic rings. The van der Waals surface area contributed by atoms with Crippen LogP contribution in [0.5, 0.6) is 5.75 Å². The predicted octanol–water partition coefficient (Wildman–Crippen LogP) is 3.69. The smallest absolute Gasteiger partial charge is 0.193 e. The maximum absolute atomic E-state index is 5.69. The zero-order valence-corrected chi connectivity index (χ0v) is 21.0. The molecule has 170 valence electrons. The van der Waals surface area contributed by atoms with Gasteiger partial charge in [-0.3, -0.25) is 4.99 Å². The summed E-state index contributed by atoms with van der Waals surface area (Å²) in [5.41, 5.74) is 1.34. The number of nitrogens with one attached hydrogen (secondary N) is 1. The summed E-state index contributed by atoms with van der Waals surface area (Å²) >= 11 is 0. The number of hydrogen-bond acceptors (Lipinski definition) is 4. The van der Waals surface area contributed by atoms with Crippen molar-refractivity contribution in [3.63, 3.8) is 0 Å². The van der Waals surface area contributed by atoms with Crippen LogP contribution in [-0.2, 0) is 14.9 Å². The lowest BCUT2D eigenvalue weighted by molar-refractivity contribution is 0.0530. The van der Waals surface area contributed by atoms with Gasteiger partial charge in [-0.1, -0.05) is 12.1 Å². The molecule has 0 spiro atoms. The second kappa shape index (κ2) is 12.7. The third-order valence-electron chi connectivity index (χ3n) is 6.01. The highest BCUT2D eigenvalue weighted by atomic mass is 127. The molecule has 1 N–H and O–H groups in total. The number of guanidine groups is 1. The van der Waals surface area contributed by atoms with E-state index in [1.54, 1.807) is 0 Å². The van der Waals surface area contributed by atoms with Crippen molar-refractivity contribution in [2.24, 2.45) is 10.9 Å². The Morgan fingerprint density at radius 1 is 1.17 bits per heavy atom. The minimum Gasteiger partial charge on any atom is -0.494 e. The monoisotopic (exact) mass is 531 g/mol. The van der Waals surface area contributed by atoms with Crippen molar-refractivity contribution in [2.75, 3.05) is 59.7 Å². The zero-order chi connectivity index (χ0) is 20.5. The summed E-state index contributed by atoms with van der Waals surface area (Å²) in [6.45, 7) is 10.7. The van der Waals surface area contributed by atoms with E-state index in [-0.39, 0.29) is 29.4 Å². The zero-order valence-electron chi connectivity index (χ0n) is 18.7. The molecule has 7 heteroatoms. The van der Waals surface area contributed by atoms with Gasteiger partial charge in [0.15, 0.2) is 5.96 Å². The van der Waals surface area contributed by atoms with Gasteiger partial charge >= 0.3 is 0 Å². The molecule has 6 nitrogen and oxygen atoms in total. The minimum atomic E-state index is 0. The quantitative estimate of drug-likeness (QED) is 0.315. The standard InChI is InChI=1S/C23H37N3O3.HI/c1-4-24-22(26(3)16-19-10-13-28-17-19)25-18-23(11-14-27-15-12-23)20-6-8-21(9-7-20)29-5-2;/h6-9,19H,4-5,10-18H2,1-3H3,(H,24,25);1H. The molecule has 1 unspecified atom stereocenters. The van der Waals surface area contributed by atoms with Crippen molar-refractivity contribution in [2.45, 2.75) is 38.5 Å². The van der Waals surface area contributed by atoms with E-state index < -0.39 is 0 Å². The fourth-order valence-corrected chi connectivity index (χ4v) is 4.27. The van der Waals surface area contributed by atoms with Gasteiger partial charge in [-0.15, -0.1) is 24.0 Å². The largest absolute Gasteiger partial charge is 0.494 e. The van der Waals surface area contributed by atoms with Gasteiger partial charge < -0.3 is 24.4 Å². The van der Waals surface area contributed by atoms with Crippen LogP contribution in [0.2, 0.25) is 0 Å². The van der Waals surface area contributed by atoms with Crippen LogP contribution >= 0.6 is 24.0 Å². The summed E-state index contributed by atoms with van der Waals surface area (Å²) in [7, 11) is 2.13. The van der Waals surface area contributed by atoms with Crippen molar-refractivity contribution in [1.82, 2.24) is 10.2 Å². The Morgan fingerprint density at radius 3 is 2.50 bits per heavy atom. The molecule has 0 aliphatic carbocycles. The van der Waals surface area contributed by atoms with E-state index in [9.17, 15) is 0 Å².